The molecule has 92 valence electrons. The number of pyridine rings is 1. The highest BCUT2D eigenvalue weighted by Crippen LogP contribution is 2.11. The lowest BCUT2D eigenvalue weighted by Crippen LogP contribution is -2.16. The van der Waals surface area contributed by atoms with E-state index in [4.69, 9.17) is 5.84 Å². The van der Waals surface area contributed by atoms with Gasteiger partial charge in [0.25, 0.3) is 5.91 Å². The third kappa shape index (κ3) is 2.99. The number of hydrogen-bond donors (Lipinski definition) is 3. The highest BCUT2D eigenvalue weighted by molar-refractivity contribution is 9.10. The maximum atomic E-state index is 11.8. The van der Waals surface area contributed by atoms with Crippen molar-refractivity contribution in [3.05, 3.63) is 40.9 Å². The molecule has 0 aromatic carbocycles. The van der Waals surface area contributed by atoms with E-state index in [-0.39, 0.29) is 11.6 Å². The minimum atomic E-state index is -0.388. The molecule has 0 atom stereocenters. The zero-order valence-corrected chi connectivity index (χ0v) is 10.7. The number of nitrogens with two attached hydrogens (primary N) is 1. The third-order valence-electron chi connectivity index (χ3n) is 2.00. The van der Waals surface area contributed by atoms with Gasteiger partial charge in [0.15, 0.2) is 5.82 Å². The van der Waals surface area contributed by atoms with Crippen molar-refractivity contribution in [2.75, 3.05) is 10.7 Å². The number of rotatable bonds is 3. The zero-order valence-electron chi connectivity index (χ0n) is 9.09. The highest BCUT2D eigenvalue weighted by atomic mass is 79.9. The van der Waals surface area contributed by atoms with E-state index < -0.39 is 0 Å². The Hall–Kier alpha value is -2.06. The number of nitrogen functional groups attached to an aromatic ring is 1. The molecule has 0 aliphatic carbocycles. The van der Waals surface area contributed by atoms with Crippen LogP contribution in [-0.4, -0.2) is 20.9 Å². The molecule has 0 unspecified atom stereocenters. The molecule has 8 heteroatoms. The first kappa shape index (κ1) is 12.4. The van der Waals surface area contributed by atoms with Crippen molar-refractivity contribution in [1.29, 1.82) is 0 Å². The molecule has 0 fully saturated rings. The minimum Gasteiger partial charge on any atom is -0.307 e. The smallest absolute Gasteiger partial charge is 0.277 e. The first-order chi connectivity index (χ1) is 8.69. The van der Waals surface area contributed by atoms with Crippen LogP contribution in [0.5, 0.6) is 0 Å². The van der Waals surface area contributed by atoms with E-state index in [1.54, 1.807) is 18.3 Å². The Morgan fingerprint density at radius 3 is 2.44 bits per heavy atom. The third-order valence-corrected chi connectivity index (χ3v) is 2.47. The van der Waals surface area contributed by atoms with Gasteiger partial charge in [-0.3, -0.25) is 4.79 Å². The first-order valence-corrected chi connectivity index (χ1v) is 5.70. The summed E-state index contributed by atoms with van der Waals surface area (Å²) < 4.78 is 0.832. The molecule has 1 amide bonds. The summed E-state index contributed by atoms with van der Waals surface area (Å²) in [5.74, 6) is 5.58. The van der Waals surface area contributed by atoms with E-state index >= 15 is 0 Å². The van der Waals surface area contributed by atoms with Gasteiger partial charge < -0.3 is 10.7 Å². The summed E-state index contributed by atoms with van der Waals surface area (Å²) in [6.07, 6.45) is 4.27. The summed E-state index contributed by atoms with van der Waals surface area (Å²) in [6, 6.07) is 3.45. The lowest BCUT2D eigenvalue weighted by molar-refractivity contribution is 0.102. The summed E-state index contributed by atoms with van der Waals surface area (Å²) >= 11 is 3.26. The second-order valence-electron chi connectivity index (χ2n) is 3.25. The Bertz CT molecular complexity index is 541. The van der Waals surface area contributed by atoms with Crippen LogP contribution in [0.25, 0.3) is 0 Å². The molecule has 0 aliphatic heterocycles. The van der Waals surface area contributed by atoms with Gasteiger partial charge in [0, 0.05) is 10.7 Å². The Labute approximate surface area is 111 Å². The molecule has 2 aromatic rings. The van der Waals surface area contributed by atoms with Gasteiger partial charge in [-0.05, 0) is 28.1 Å². The Kier molecular flexibility index (Phi) is 3.80. The maximum absolute atomic E-state index is 11.8. The van der Waals surface area contributed by atoms with Crippen LogP contribution < -0.4 is 16.6 Å². The van der Waals surface area contributed by atoms with Crippen LogP contribution in [0, 0.1) is 0 Å². The molecule has 7 nitrogen and oxygen atoms in total. The predicted octanol–water partition coefficient (Wildman–Crippen LogP) is 1.17. The molecule has 0 saturated carbocycles. The average Bonchev–Trinajstić information content (AvgIpc) is 2.41. The van der Waals surface area contributed by atoms with Gasteiger partial charge >= 0.3 is 0 Å². The SMILES string of the molecule is NNc1cnc(C(=O)Nc2ccc(Br)cn2)cn1. The molecular weight excluding hydrogens is 300 g/mol. The van der Waals surface area contributed by atoms with Crippen molar-refractivity contribution in [3.63, 3.8) is 0 Å². The Morgan fingerprint density at radius 2 is 1.89 bits per heavy atom. The topological polar surface area (TPSA) is 106 Å². The first-order valence-electron chi connectivity index (χ1n) is 4.90. The van der Waals surface area contributed by atoms with E-state index in [2.05, 4.69) is 41.6 Å². The van der Waals surface area contributed by atoms with Crippen LogP contribution in [0.2, 0.25) is 0 Å². The summed E-state index contributed by atoms with van der Waals surface area (Å²) in [5.41, 5.74) is 2.51. The van der Waals surface area contributed by atoms with Gasteiger partial charge in [0.2, 0.25) is 0 Å². The lowest BCUT2D eigenvalue weighted by atomic mass is 10.4. The van der Waals surface area contributed by atoms with Crippen LogP contribution in [-0.2, 0) is 0 Å². The number of carbonyl (C=O) groups is 1. The summed E-state index contributed by atoms with van der Waals surface area (Å²) in [5, 5.41) is 2.60. The number of hydrazine groups is 1. The van der Waals surface area contributed by atoms with Crippen molar-refractivity contribution in [3.8, 4) is 0 Å². The fourth-order valence-corrected chi connectivity index (χ4v) is 1.38. The molecule has 4 N–H and O–H groups in total. The van der Waals surface area contributed by atoms with E-state index in [9.17, 15) is 4.79 Å². The molecule has 18 heavy (non-hydrogen) atoms. The van der Waals surface area contributed by atoms with Gasteiger partial charge in [-0.25, -0.2) is 20.8 Å². The van der Waals surface area contributed by atoms with Gasteiger partial charge in [-0.15, -0.1) is 0 Å². The lowest BCUT2D eigenvalue weighted by Gasteiger charge is -2.04. The molecule has 2 rings (SSSR count). The van der Waals surface area contributed by atoms with E-state index in [0.717, 1.165) is 4.47 Å². The largest absolute Gasteiger partial charge is 0.307 e. The average molecular weight is 309 g/mol. The van der Waals surface area contributed by atoms with Crippen molar-refractivity contribution in [2.45, 2.75) is 0 Å². The summed E-state index contributed by atoms with van der Waals surface area (Å²) in [7, 11) is 0. The number of anilines is 2. The Balaban J connectivity index is 2.09. The van der Waals surface area contributed by atoms with E-state index in [0.29, 0.717) is 11.6 Å². The number of amides is 1. The van der Waals surface area contributed by atoms with Crippen molar-refractivity contribution in [2.24, 2.45) is 5.84 Å². The number of nitrogens with zero attached hydrogens (tertiary/aromatic N) is 3. The summed E-state index contributed by atoms with van der Waals surface area (Å²) in [6.45, 7) is 0. The van der Waals surface area contributed by atoms with Crippen molar-refractivity contribution < 1.29 is 4.79 Å². The van der Waals surface area contributed by atoms with Crippen LogP contribution in [0.15, 0.2) is 35.2 Å². The van der Waals surface area contributed by atoms with Crippen LogP contribution in [0.1, 0.15) is 10.5 Å². The van der Waals surface area contributed by atoms with Gasteiger partial charge in [-0.1, -0.05) is 0 Å². The number of halogens is 1. The summed E-state index contributed by atoms with van der Waals surface area (Å²) in [4.78, 5) is 23.6. The molecular formula is C10H9BrN6O. The standard InChI is InChI=1S/C10H9BrN6O/c11-6-1-2-8(14-3-6)16-10(18)7-4-15-9(17-12)5-13-7/h1-5H,12H2,(H,15,17)(H,14,16,18). The molecule has 0 spiro atoms. The molecule has 0 saturated heterocycles. The second-order valence-corrected chi connectivity index (χ2v) is 4.16. The van der Waals surface area contributed by atoms with Crippen molar-refractivity contribution in [1.82, 2.24) is 15.0 Å². The minimum absolute atomic E-state index is 0.179. The fraction of sp³-hybridized carbons (Fsp3) is 0. The molecule has 0 aliphatic rings. The predicted molar refractivity (Wildman–Crippen MR) is 69.7 cm³/mol. The number of hydrogen-bond acceptors (Lipinski definition) is 6. The fourth-order valence-electron chi connectivity index (χ4n) is 1.15. The molecule has 0 bridgehead atoms. The Morgan fingerprint density at radius 1 is 1.11 bits per heavy atom. The second kappa shape index (κ2) is 5.52. The van der Waals surface area contributed by atoms with E-state index in [1.165, 1.54) is 12.4 Å². The molecule has 2 heterocycles. The normalized spacial score (nSPS) is 9.89. The number of aromatic nitrogens is 3. The van der Waals surface area contributed by atoms with E-state index in [1.807, 2.05) is 0 Å². The van der Waals surface area contributed by atoms with Crippen LogP contribution in [0.4, 0.5) is 11.6 Å². The quantitative estimate of drug-likeness (QED) is 0.580. The van der Waals surface area contributed by atoms with Gasteiger partial charge in [0.1, 0.15) is 11.5 Å². The molecule has 2 aromatic heterocycles. The van der Waals surface area contributed by atoms with Crippen LogP contribution in [0.3, 0.4) is 0 Å². The maximum Gasteiger partial charge on any atom is 0.277 e. The number of nitrogens with one attached hydrogen (secondary N) is 2. The van der Waals surface area contributed by atoms with Crippen molar-refractivity contribution >= 4 is 33.5 Å². The van der Waals surface area contributed by atoms with Gasteiger partial charge in [-0.2, -0.15) is 0 Å². The highest BCUT2D eigenvalue weighted by Gasteiger charge is 2.08. The van der Waals surface area contributed by atoms with Crippen LogP contribution >= 0.6 is 15.9 Å². The van der Waals surface area contributed by atoms with Gasteiger partial charge in [0.05, 0.1) is 12.4 Å². The monoisotopic (exact) mass is 308 g/mol. The zero-order chi connectivity index (χ0) is 13.0. The number of carbonyl (C=O) groups excluding carboxylic acids is 1. The molecule has 0 radical (unpaired) electrons.